The smallest absolute Gasteiger partial charge is 0.270 e. The fourth-order valence-corrected chi connectivity index (χ4v) is 3.12. The van der Waals surface area contributed by atoms with E-state index in [0.717, 1.165) is 0 Å². The number of rotatable bonds is 5. The number of nitrogens with zero attached hydrogens (tertiary/aromatic N) is 2. The molecule has 0 spiro atoms. The summed E-state index contributed by atoms with van der Waals surface area (Å²) in [5.74, 6) is 1.06. The molecule has 1 aromatic heterocycles. The molecule has 3 rings (SSSR count). The van der Waals surface area contributed by atoms with E-state index < -0.39 is 0 Å². The van der Waals surface area contributed by atoms with Gasteiger partial charge in [0.05, 0.1) is 21.3 Å². The van der Waals surface area contributed by atoms with Crippen molar-refractivity contribution >= 4 is 11.8 Å². The lowest BCUT2D eigenvalue weighted by Crippen LogP contribution is -2.50. The van der Waals surface area contributed by atoms with Gasteiger partial charge in [-0.05, 0) is 12.1 Å². The van der Waals surface area contributed by atoms with Gasteiger partial charge in [-0.25, -0.2) is 0 Å². The Labute approximate surface area is 157 Å². The molecule has 8 heteroatoms. The fraction of sp³-hybridized carbons (Fsp3) is 0.368. The number of ether oxygens (including phenoxy) is 3. The SMILES string of the molecule is COc1cc(OC)c(C(=O)N2CCN(C(=O)c3ccc[nH]3)CC2)c(OC)c1. The van der Waals surface area contributed by atoms with E-state index in [-0.39, 0.29) is 11.8 Å². The molecule has 0 radical (unpaired) electrons. The standard InChI is InChI=1S/C19H23N3O5/c1-25-13-11-15(26-2)17(16(12-13)27-3)19(24)22-9-7-21(8-10-22)18(23)14-5-4-6-20-14/h4-6,11-12,20H,7-10H2,1-3H3. The second-order valence-corrected chi connectivity index (χ2v) is 6.08. The molecule has 0 aliphatic carbocycles. The highest BCUT2D eigenvalue weighted by Gasteiger charge is 2.29. The highest BCUT2D eigenvalue weighted by atomic mass is 16.5. The van der Waals surface area contributed by atoms with Crippen LogP contribution in [0.4, 0.5) is 0 Å². The molecule has 0 atom stereocenters. The molecule has 1 aromatic carbocycles. The fourth-order valence-electron chi connectivity index (χ4n) is 3.12. The highest BCUT2D eigenvalue weighted by molar-refractivity contribution is 6.00. The summed E-state index contributed by atoms with van der Waals surface area (Å²) in [6.45, 7) is 1.79. The largest absolute Gasteiger partial charge is 0.496 e. The van der Waals surface area contributed by atoms with Crippen LogP contribution in [0, 0.1) is 0 Å². The van der Waals surface area contributed by atoms with E-state index in [9.17, 15) is 9.59 Å². The number of hydrogen-bond acceptors (Lipinski definition) is 5. The third kappa shape index (κ3) is 3.69. The monoisotopic (exact) mass is 373 g/mol. The van der Waals surface area contributed by atoms with Gasteiger partial charge in [-0.3, -0.25) is 9.59 Å². The Balaban J connectivity index is 1.75. The number of aromatic nitrogens is 1. The zero-order valence-corrected chi connectivity index (χ0v) is 15.7. The third-order valence-electron chi connectivity index (χ3n) is 4.61. The molecule has 8 nitrogen and oxygen atoms in total. The maximum Gasteiger partial charge on any atom is 0.270 e. The molecular formula is C19H23N3O5. The first-order valence-electron chi connectivity index (χ1n) is 8.61. The van der Waals surface area contributed by atoms with Crippen molar-refractivity contribution in [2.45, 2.75) is 0 Å². The molecule has 27 heavy (non-hydrogen) atoms. The van der Waals surface area contributed by atoms with Crippen molar-refractivity contribution in [1.82, 2.24) is 14.8 Å². The minimum Gasteiger partial charge on any atom is -0.496 e. The van der Waals surface area contributed by atoms with Crippen molar-refractivity contribution < 1.29 is 23.8 Å². The number of amides is 2. The van der Waals surface area contributed by atoms with Crippen LogP contribution in [-0.4, -0.2) is 74.1 Å². The predicted octanol–water partition coefficient (Wildman–Crippen LogP) is 1.64. The predicted molar refractivity (Wildman–Crippen MR) is 98.7 cm³/mol. The number of H-pyrrole nitrogens is 1. The number of carbonyl (C=O) groups is 2. The van der Waals surface area contributed by atoms with Crippen molar-refractivity contribution in [3.05, 3.63) is 41.7 Å². The minimum atomic E-state index is -0.196. The zero-order valence-electron chi connectivity index (χ0n) is 15.7. The number of benzene rings is 1. The van der Waals surface area contributed by atoms with Gasteiger partial charge in [0.15, 0.2) is 0 Å². The Morgan fingerprint density at radius 3 is 1.89 bits per heavy atom. The second kappa shape index (κ2) is 8.03. The molecule has 1 saturated heterocycles. The number of aromatic amines is 1. The normalized spacial score (nSPS) is 14.0. The van der Waals surface area contributed by atoms with E-state index in [2.05, 4.69) is 4.98 Å². The zero-order chi connectivity index (χ0) is 19.4. The summed E-state index contributed by atoms with van der Waals surface area (Å²) in [4.78, 5) is 31.8. The van der Waals surface area contributed by atoms with E-state index in [1.165, 1.54) is 21.3 Å². The van der Waals surface area contributed by atoms with Crippen LogP contribution in [-0.2, 0) is 0 Å². The molecule has 2 aromatic rings. The second-order valence-electron chi connectivity index (χ2n) is 6.08. The lowest BCUT2D eigenvalue weighted by atomic mass is 10.1. The Hall–Kier alpha value is -3.16. The minimum absolute atomic E-state index is 0.0632. The summed E-state index contributed by atoms with van der Waals surface area (Å²) in [5, 5.41) is 0. The van der Waals surface area contributed by atoms with E-state index >= 15 is 0 Å². The summed E-state index contributed by atoms with van der Waals surface area (Å²) < 4.78 is 16.0. The number of methoxy groups -OCH3 is 3. The van der Waals surface area contributed by atoms with Crippen LogP contribution in [0.3, 0.4) is 0 Å². The van der Waals surface area contributed by atoms with Crippen molar-refractivity contribution in [3.63, 3.8) is 0 Å². The summed E-state index contributed by atoms with van der Waals surface area (Å²) in [6, 6.07) is 6.84. The van der Waals surface area contributed by atoms with Gasteiger partial charge in [0.25, 0.3) is 11.8 Å². The van der Waals surface area contributed by atoms with E-state index in [4.69, 9.17) is 14.2 Å². The van der Waals surface area contributed by atoms with Crippen molar-refractivity contribution in [1.29, 1.82) is 0 Å². The molecule has 2 amide bonds. The number of hydrogen-bond donors (Lipinski definition) is 1. The van der Waals surface area contributed by atoms with Crippen LogP contribution < -0.4 is 14.2 Å². The molecule has 144 valence electrons. The molecule has 1 aliphatic heterocycles. The highest BCUT2D eigenvalue weighted by Crippen LogP contribution is 2.35. The lowest BCUT2D eigenvalue weighted by molar-refractivity contribution is 0.0529. The van der Waals surface area contributed by atoms with Crippen LogP contribution in [0.15, 0.2) is 30.5 Å². The first kappa shape index (κ1) is 18.6. The van der Waals surface area contributed by atoms with Crippen LogP contribution in [0.1, 0.15) is 20.8 Å². The number of nitrogens with one attached hydrogen (secondary N) is 1. The van der Waals surface area contributed by atoms with Gasteiger partial charge in [0.1, 0.15) is 28.5 Å². The quantitative estimate of drug-likeness (QED) is 0.861. The Bertz CT molecular complexity index is 786. The lowest BCUT2D eigenvalue weighted by Gasteiger charge is -2.35. The van der Waals surface area contributed by atoms with Crippen LogP contribution in [0.5, 0.6) is 17.2 Å². The van der Waals surface area contributed by atoms with E-state index in [0.29, 0.717) is 54.7 Å². The van der Waals surface area contributed by atoms with Gasteiger partial charge in [-0.1, -0.05) is 0 Å². The molecule has 1 fully saturated rings. The first-order valence-corrected chi connectivity index (χ1v) is 8.61. The number of piperazine rings is 1. The van der Waals surface area contributed by atoms with Gasteiger partial charge in [0.2, 0.25) is 0 Å². The summed E-state index contributed by atoms with van der Waals surface area (Å²) in [7, 11) is 4.53. The van der Waals surface area contributed by atoms with E-state index in [1.54, 1.807) is 40.3 Å². The maximum absolute atomic E-state index is 13.1. The van der Waals surface area contributed by atoms with Crippen LogP contribution in [0.2, 0.25) is 0 Å². The maximum atomic E-state index is 13.1. The Morgan fingerprint density at radius 2 is 1.44 bits per heavy atom. The first-order chi connectivity index (χ1) is 13.1. The molecule has 0 bridgehead atoms. The Kier molecular flexibility index (Phi) is 5.54. The summed E-state index contributed by atoms with van der Waals surface area (Å²) in [6.07, 6.45) is 1.72. The molecule has 1 aliphatic rings. The van der Waals surface area contributed by atoms with Gasteiger partial charge in [-0.15, -0.1) is 0 Å². The van der Waals surface area contributed by atoms with E-state index in [1.807, 2.05) is 0 Å². The topological polar surface area (TPSA) is 84.1 Å². The van der Waals surface area contributed by atoms with Crippen molar-refractivity contribution in [2.75, 3.05) is 47.5 Å². The molecule has 0 unspecified atom stereocenters. The molecule has 1 N–H and O–H groups in total. The van der Waals surface area contributed by atoms with Crippen molar-refractivity contribution in [3.8, 4) is 17.2 Å². The van der Waals surface area contributed by atoms with Gasteiger partial charge >= 0.3 is 0 Å². The van der Waals surface area contributed by atoms with Gasteiger partial charge < -0.3 is 29.0 Å². The van der Waals surface area contributed by atoms with Crippen molar-refractivity contribution in [2.24, 2.45) is 0 Å². The van der Waals surface area contributed by atoms with Crippen LogP contribution in [0.25, 0.3) is 0 Å². The average molecular weight is 373 g/mol. The summed E-state index contributed by atoms with van der Waals surface area (Å²) >= 11 is 0. The molecule has 0 saturated carbocycles. The Morgan fingerprint density at radius 1 is 0.889 bits per heavy atom. The van der Waals surface area contributed by atoms with Gasteiger partial charge in [0, 0.05) is 44.5 Å². The molecule has 2 heterocycles. The summed E-state index contributed by atoms with van der Waals surface area (Å²) in [5.41, 5.74) is 0.901. The number of carbonyl (C=O) groups excluding carboxylic acids is 2. The van der Waals surface area contributed by atoms with Crippen LogP contribution >= 0.6 is 0 Å². The molecular weight excluding hydrogens is 350 g/mol. The third-order valence-corrected chi connectivity index (χ3v) is 4.61. The average Bonchev–Trinajstić information content (AvgIpc) is 3.26. The van der Waals surface area contributed by atoms with Gasteiger partial charge in [-0.2, -0.15) is 0 Å².